The third-order valence-corrected chi connectivity index (χ3v) is 4.36. The van der Waals surface area contributed by atoms with Gasteiger partial charge in [0.05, 0.1) is 12.2 Å². The number of halogens is 4. The van der Waals surface area contributed by atoms with E-state index in [0.29, 0.717) is 18.1 Å². The number of anilines is 1. The van der Waals surface area contributed by atoms with E-state index in [1.54, 1.807) is 12.1 Å². The van der Waals surface area contributed by atoms with E-state index in [2.05, 4.69) is 5.32 Å². The topological polar surface area (TPSA) is 38.3 Å². The van der Waals surface area contributed by atoms with Crippen LogP contribution in [-0.2, 0) is 11.0 Å². The minimum Gasteiger partial charge on any atom is -0.494 e. The summed E-state index contributed by atoms with van der Waals surface area (Å²) in [4.78, 5) is 11.9. The van der Waals surface area contributed by atoms with Crippen LogP contribution in [0.15, 0.2) is 48.5 Å². The van der Waals surface area contributed by atoms with Crippen LogP contribution in [0.5, 0.6) is 5.75 Å². The molecule has 0 aromatic heterocycles. The Labute approximate surface area is 167 Å². The maximum Gasteiger partial charge on any atom is 0.416 e. The smallest absolute Gasteiger partial charge is 0.416 e. The fourth-order valence-electron chi connectivity index (χ4n) is 2.64. The molecule has 0 fully saturated rings. The first-order chi connectivity index (χ1) is 13.3. The summed E-state index contributed by atoms with van der Waals surface area (Å²) in [5, 5.41) is 3.19. The van der Waals surface area contributed by atoms with E-state index in [-0.39, 0.29) is 18.0 Å². The van der Waals surface area contributed by atoms with Crippen molar-refractivity contribution in [1.82, 2.24) is 0 Å². The monoisotopic (exact) mass is 413 g/mol. The first kappa shape index (κ1) is 22.1. The van der Waals surface area contributed by atoms with Gasteiger partial charge in [-0.25, -0.2) is 0 Å². The molecule has 0 atom stereocenters. The summed E-state index contributed by atoms with van der Waals surface area (Å²) in [6, 6.07) is 11.9. The summed E-state index contributed by atoms with van der Waals surface area (Å²) in [6.07, 6.45) is 0.331. The predicted molar refractivity (Wildman–Crippen MR) is 105 cm³/mol. The molecule has 28 heavy (non-hydrogen) atoms. The number of rotatable bonds is 10. The van der Waals surface area contributed by atoms with Crippen molar-refractivity contribution in [2.24, 2.45) is 0 Å². The van der Waals surface area contributed by atoms with E-state index >= 15 is 0 Å². The Balaban J connectivity index is 1.55. The van der Waals surface area contributed by atoms with Crippen LogP contribution in [0.3, 0.4) is 0 Å². The number of unbranched alkanes of at least 4 members (excludes halogenated alkanes) is 4. The Morgan fingerprint density at radius 3 is 2.36 bits per heavy atom. The number of benzene rings is 2. The fourth-order valence-corrected chi connectivity index (χ4v) is 2.76. The highest BCUT2D eigenvalue weighted by molar-refractivity contribution is 6.30. The fraction of sp³-hybridized carbons (Fsp3) is 0.381. The summed E-state index contributed by atoms with van der Waals surface area (Å²) < 4.78 is 43.6. The van der Waals surface area contributed by atoms with Crippen molar-refractivity contribution in [1.29, 1.82) is 0 Å². The van der Waals surface area contributed by atoms with Crippen LogP contribution in [0, 0.1) is 0 Å². The number of hydrogen-bond donors (Lipinski definition) is 1. The first-order valence-electron chi connectivity index (χ1n) is 9.20. The highest BCUT2D eigenvalue weighted by Crippen LogP contribution is 2.30. The molecule has 0 saturated heterocycles. The molecule has 0 aliphatic carbocycles. The number of ether oxygens (including phenoxy) is 1. The van der Waals surface area contributed by atoms with E-state index in [1.807, 2.05) is 12.1 Å². The molecular formula is C21H23ClF3NO2. The SMILES string of the molecule is O=C(CCCCCCCOc1ccc(Cl)cc1)Nc1cccc(C(F)(F)F)c1. The summed E-state index contributed by atoms with van der Waals surface area (Å²) >= 11 is 5.81. The Hall–Kier alpha value is -2.21. The van der Waals surface area contributed by atoms with Crippen LogP contribution in [0.25, 0.3) is 0 Å². The predicted octanol–water partition coefficient (Wildman–Crippen LogP) is 6.72. The number of hydrogen-bond acceptors (Lipinski definition) is 2. The quantitative estimate of drug-likeness (QED) is 0.439. The van der Waals surface area contributed by atoms with Crippen molar-refractivity contribution in [3.8, 4) is 5.75 Å². The zero-order valence-electron chi connectivity index (χ0n) is 15.4. The highest BCUT2D eigenvalue weighted by Gasteiger charge is 2.30. The number of alkyl halides is 3. The third-order valence-electron chi connectivity index (χ3n) is 4.10. The number of carbonyl (C=O) groups is 1. The van der Waals surface area contributed by atoms with E-state index in [9.17, 15) is 18.0 Å². The Morgan fingerprint density at radius 2 is 1.64 bits per heavy atom. The lowest BCUT2D eigenvalue weighted by Gasteiger charge is -2.10. The van der Waals surface area contributed by atoms with Gasteiger partial charge in [-0.3, -0.25) is 4.79 Å². The van der Waals surface area contributed by atoms with Crippen molar-refractivity contribution in [2.75, 3.05) is 11.9 Å². The molecular weight excluding hydrogens is 391 g/mol. The largest absolute Gasteiger partial charge is 0.494 e. The molecule has 0 spiro atoms. The number of amides is 1. The van der Waals surface area contributed by atoms with Crippen molar-refractivity contribution in [3.63, 3.8) is 0 Å². The zero-order valence-corrected chi connectivity index (χ0v) is 16.2. The second kappa shape index (κ2) is 11.0. The van der Waals surface area contributed by atoms with Gasteiger partial charge in [-0.05, 0) is 55.3 Å². The molecule has 0 unspecified atom stereocenters. The molecule has 0 bridgehead atoms. The lowest BCUT2D eigenvalue weighted by Crippen LogP contribution is -2.12. The highest BCUT2D eigenvalue weighted by atomic mass is 35.5. The molecule has 0 aliphatic heterocycles. The zero-order chi connectivity index (χ0) is 20.4. The van der Waals surface area contributed by atoms with Crippen LogP contribution < -0.4 is 10.1 Å². The van der Waals surface area contributed by atoms with Crippen LogP contribution in [-0.4, -0.2) is 12.5 Å². The Morgan fingerprint density at radius 1 is 0.964 bits per heavy atom. The van der Waals surface area contributed by atoms with Crippen LogP contribution >= 0.6 is 11.6 Å². The van der Waals surface area contributed by atoms with Crippen LogP contribution in [0.2, 0.25) is 5.02 Å². The third kappa shape index (κ3) is 8.21. The molecule has 152 valence electrons. The molecule has 2 aromatic carbocycles. The van der Waals surface area contributed by atoms with E-state index in [0.717, 1.165) is 43.6 Å². The maximum atomic E-state index is 12.7. The van der Waals surface area contributed by atoms with Crippen molar-refractivity contribution in [2.45, 2.75) is 44.7 Å². The van der Waals surface area contributed by atoms with Gasteiger partial charge in [0.25, 0.3) is 0 Å². The molecule has 0 heterocycles. The first-order valence-corrected chi connectivity index (χ1v) is 9.58. The van der Waals surface area contributed by atoms with Gasteiger partial charge in [-0.2, -0.15) is 13.2 Å². The average Bonchev–Trinajstić information content (AvgIpc) is 2.65. The minimum atomic E-state index is -4.42. The van der Waals surface area contributed by atoms with Crippen molar-refractivity contribution in [3.05, 3.63) is 59.1 Å². The van der Waals surface area contributed by atoms with Gasteiger partial charge in [0.15, 0.2) is 0 Å². The summed E-state index contributed by atoms with van der Waals surface area (Å²) in [5.41, 5.74) is -0.606. The van der Waals surface area contributed by atoms with E-state index < -0.39 is 11.7 Å². The number of nitrogens with one attached hydrogen (secondary N) is 1. The standard InChI is InChI=1S/C21H23ClF3NO2/c22-17-10-12-19(13-11-17)28-14-5-3-1-2-4-9-20(27)26-18-8-6-7-16(15-18)21(23,24)25/h6-8,10-13,15H,1-5,9,14H2,(H,26,27). The van der Waals surface area contributed by atoms with Gasteiger partial charge in [0.1, 0.15) is 5.75 Å². The summed E-state index contributed by atoms with van der Waals surface area (Å²) in [7, 11) is 0. The van der Waals surface area contributed by atoms with Gasteiger partial charge in [-0.1, -0.05) is 36.9 Å². The van der Waals surface area contributed by atoms with Gasteiger partial charge in [0, 0.05) is 17.1 Å². The van der Waals surface area contributed by atoms with Crippen LogP contribution in [0.4, 0.5) is 18.9 Å². The molecule has 2 rings (SSSR count). The average molecular weight is 414 g/mol. The summed E-state index contributed by atoms with van der Waals surface area (Å²) in [6.45, 7) is 0.623. The molecule has 0 aliphatic rings. The molecule has 7 heteroatoms. The lowest BCUT2D eigenvalue weighted by atomic mass is 10.1. The normalized spacial score (nSPS) is 11.3. The molecule has 1 amide bonds. The second-order valence-corrected chi connectivity index (χ2v) is 6.88. The van der Waals surface area contributed by atoms with Crippen molar-refractivity contribution >= 4 is 23.2 Å². The Kier molecular flexibility index (Phi) is 8.64. The summed E-state index contributed by atoms with van der Waals surface area (Å²) in [5.74, 6) is 0.515. The lowest BCUT2D eigenvalue weighted by molar-refractivity contribution is -0.137. The molecule has 3 nitrogen and oxygen atoms in total. The van der Waals surface area contributed by atoms with Gasteiger partial charge >= 0.3 is 6.18 Å². The van der Waals surface area contributed by atoms with Gasteiger partial charge in [0.2, 0.25) is 5.91 Å². The van der Waals surface area contributed by atoms with E-state index in [1.165, 1.54) is 12.1 Å². The molecule has 0 radical (unpaired) electrons. The van der Waals surface area contributed by atoms with Crippen LogP contribution in [0.1, 0.15) is 44.1 Å². The second-order valence-electron chi connectivity index (χ2n) is 6.45. The Bertz CT molecular complexity index is 748. The van der Waals surface area contributed by atoms with Gasteiger partial charge < -0.3 is 10.1 Å². The van der Waals surface area contributed by atoms with Gasteiger partial charge in [-0.15, -0.1) is 0 Å². The molecule has 2 aromatic rings. The number of carbonyl (C=O) groups excluding carboxylic acids is 1. The van der Waals surface area contributed by atoms with Crippen molar-refractivity contribution < 1.29 is 22.7 Å². The maximum absolute atomic E-state index is 12.7. The minimum absolute atomic E-state index is 0.166. The molecule has 0 saturated carbocycles. The van der Waals surface area contributed by atoms with E-state index in [4.69, 9.17) is 16.3 Å². The molecule has 1 N–H and O–H groups in total.